The van der Waals surface area contributed by atoms with Gasteiger partial charge in [0.05, 0.1) is 10.6 Å². The Balaban J connectivity index is 1.94. The molecule has 0 saturated heterocycles. The Kier molecular flexibility index (Phi) is 4.62. The molecule has 0 aliphatic carbocycles. The van der Waals surface area contributed by atoms with Gasteiger partial charge in [-0.2, -0.15) is 5.10 Å². The molecule has 0 amide bonds. The first-order valence-electron chi connectivity index (χ1n) is 8.50. The Labute approximate surface area is 164 Å². The highest BCUT2D eigenvalue weighted by molar-refractivity contribution is 14.1. The van der Waals surface area contributed by atoms with Gasteiger partial charge in [-0.1, -0.05) is 24.3 Å². The quantitative estimate of drug-likeness (QED) is 0.346. The first kappa shape index (κ1) is 17.0. The number of nitro benzene ring substituents is 1. The predicted octanol–water partition coefficient (Wildman–Crippen LogP) is 4.80. The molecule has 26 heavy (non-hydrogen) atoms. The van der Waals surface area contributed by atoms with E-state index in [1.165, 1.54) is 6.07 Å². The lowest BCUT2D eigenvalue weighted by molar-refractivity contribution is -0.384. The standard InChI is InChI=1S/C19H17IN4O2/c20-14-10-8-13(9-11-14)18-15-5-3-4-12-21-19(15)23(22-18)16-6-1-2-7-17(16)24(25)26/h1-2,6-11,21H,3-5,12H2. The normalized spacial score (nSPS) is 13.6. The number of anilines is 1. The first-order chi connectivity index (χ1) is 12.6. The second-order valence-electron chi connectivity index (χ2n) is 6.22. The Morgan fingerprint density at radius 2 is 1.88 bits per heavy atom. The van der Waals surface area contributed by atoms with Crippen molar-refractivity contribution in [3.05, 3.63) is 67.8 Å². The second-order valence-corrected chi connectivity index (χ2v) is 7.47. The zero-order valence-corrected chi connectivity index (χ0v) is 16.1. The molecule has 7 heteroatoms. The van der Waals surface area contributed by atoms with E-state index in [0.717, 1.165) is 52.0 Å². The van der Waals surface area contributed by atoms with Crippen molar-refractivity contribution in [1.29, 1.82) is 0 Å². The van der Waals surface area contributed by atoms with Crippen molar-refractivity contribution in [1.82, 2.24) is 9.78 Å². The summed E-state index contributed by atoms with van der Waals surface area (Å²) < 4.78 is 2.86. The van der Waals surface area contributed by atoms with Gasteiger partial charge in [0.2, 0.25) is 0 Å². The molecule has 1 aliphatic rings. The van der Waals surface area contributed by atoms with Crippen LogP contribution in [-0.4, -0.2) is 21.2 Å². The fourth-order valence-electron chi connectivity index (χ4n) is 3.31. The molecule has 132 valence electrons. The number of para-hydroxylation sites is 2. The average Bonchev–Trinajstić information content (AvgIpc) is 2.84. The number of hydrogen-bond donors (Lipinski definition) is 1. The summed E-state index contributed by atoms with van der Waals surface area (Å²) in [5, 5.41) is 19.7. The van der Waals surface area contributed by atoms with E-state index in [0.29, 0.717) is 5.69 Å². The van der Waals surface area contributed by atoms with E-state index < -0.39 is 0 Å². The molecule has 1 N–H and O–H groups in total. The van der Waals surface area contributed by atoms with E-state index in [9.17, 15) is 10.1 Å². The van der Waals surface area contributed by atoms with E-state index >= 15 is 0 Å². The predicted molar refractivity (Wildman–Crippen MR) is 110 cm³/mol. The van der Waals surface area contributed by atoms with Gasteiger partial charge in [-0.05, 0) is 60.1 Å². The fourth-order valence-corrected chi connectivity index (χ4v) is 3.67. The number of nitro groups is 1. The number of benzene rings is 2. The van der Waals surface area contributed by atoms with Crippen LogP contribution in [0.3, 0.4) is 0 Å². The summed E-state index contributed by atoms with van der Waals surface area (Å²) >= 11 is 2.28. The maximum Gasteiger partial charge on any atom is 0.294 e. The van der Waals surface area contributed by atoms with Crippen LogP contribution in [0.15, 0.2) is 48.5 Å². The van der Waals surface area contributed by atoms with Crippen molar-refractivity contribution in [3.8, 4) is 16.9 Å². The van der Waals surface area contributed by atoms with Gasteiger partial charge in [-0.3, -0.25) is 10.1 Å². The fraction of sp³-hybridized carbons (Fsp3) is 0.211. The van der Waals surface area contributed by atoms with E-state index in [2.05, 4.69) is 52.2 Å². The number of fused-ring (bicyclic) bond motifs is 1. The molecule has 0 unspecified atom stereocenters. The molecule has 6 nitrogen and oxygen atoms in total. The molecule has 0 saturated carbocycles. The van der Waals surface area contributed by atoms with Crippen LogP contribution < -0.4 is 5.32 Å². The van der Waals surface area contributed by atoms with Crippen LogP contribution in [0.5, 0.6) is 0 Å². The Morgan fingerprint density at radius 1 is 1.12 bits per heavy atom. The molecular weight excluding hydrogens is 443 g/mol. The number of nitrogens with zero attached hydrogens (tertiary/aromatic N) is 3. The summed E-state index contributed by atoms with van der Waals surface area (Å²) in [6.45, 7) is 0.839. The van der Waals surface area contributed by atoms with Gasteiger partial charge in [0.15, 0.2) is 0 Å². The van der Waals surface area contributed by atoms with E-state index in [1.54, 1.807) is 22.9 Å². The number of hydrogen-bond acceptors (Lipinski definition) is 4. The summed E-state index contributed by atoms with van der Waals surface area (Å²) in [6.07, 6.45) is 3.04. The minimum atomic E-state index is -0.356. The van der Waals surface area contributed by atoms with Gasteiger partial charge in [-0.25, -0.2) is 4.68 Å². The molecule has 1 aromatic heterocycles. The molecular formula is C19H17IN4O2. The molecule has 0 fully saturated rings. The summed E-state index contributed by atoms with van der Waals surface area (Å²) in [5.74, 6) is 0.866. The molecule has 0 bridgehead atoms. The topological polar surface area (TPSA) is 73.0 Å². The van der Waals surface area contributed by atoms with Gasteiger partial charge in [0, 0.05) is 27.3 Å². The zero-order chi connectivity index (χ0) is 18.1. The Morgan fingerprint density at radius 3 is 2.65 bits per heavy atom. The molecule has 0 atom stereocenters. The molecule has 4 rings (SSSR count). The van der Waals surface area contributed by atoms with E-state index in [1.807, 2.05) is 0 Å². The van der Waals surface area contributed by atoms with Crippen molar-refractivity contribution in [2.24, 2.45) is 0 Å². The lowest BCUT2D eigenvalue weighted by Crippen LogP contribution is -2.08. The van der Waals surface area contributed by atoms with Crippen molar-refractivity contribution in [2.75, 3.05) is 11.9 Å². The molecule has 1 aliphatic heterocycles. The van der Waals surface area contributed by atoms with Crippen molar-refractivity contribution >= 4 is 34.1 Å². The molecule has 0 spiro atoms. The third-order valence-corrected chi connectivity index (χ3v) is 5.27. The van der Waals surface area contributed by atoms with E-state index in [4.69, 9.17) is 5.10 Å². The van der Waals surface area contributed by atoms with Gasteiger partial charge < -0.3 is 5.32 Å². The average molecular weight is 460 g/mol. The number of halogens is 1. The lowest BCUT2D eigenvalue weighted by atomic mass is 10.0. The highest BCUT2D eigenvalue weighted by atomic mass is 127. The first-order valence-corrected chi connectivity index (χ1v) is 9.58. The van der Waals surface area contributed by atoms with Crippen LogP contribution in [0.4, 0.5) is 11.5 Å². The summed E-state index contributed by atoms with van der Waals surface area (Å²) in [4.78, 5) is 11.1. The molecule has 2 aromatic carbocycles. The minimum absolute atomic E-state index is 0.0537. The largest absolute Gasteiger partial charge is 0.370 e. The van der Waals surface area contributed by atoms with Crippen LogP contribution in [0.1, 0.15) is 18.4 Å². The van der Waals surface area contributed by atoms with Crippen LogP contribution in [-0.2, 0) is 6.42 Å². The molecule has 3 aromatic rings. The van der Waals surface area contributed by atoms with Crippen LogP contribution in [0, 0.1) is 13.7 Å². The lowest BCUT2D eigenvalue weighted by Gasteiger charge is -2.09. The zero-order valence-electron chi connectivity index (χ0n) is 14.0. The third-order valence-electron chi connectivity index (χ3n) is 4.55. The van der Waals surface area contributed by atoms with Crippen LogP contribution in [0.25, 0.3) is 16.9 Å². The van der Waals surface area contributed by atoms with Gasteiger partial charge in [0.25, 0.3) is 5.69 Å². The highest BCUT2D eigenvalue weighted by Crippen LogP contribution is 2.36. The third kappa shape index (κ3) is 3.07. The number of rotatable bonds is 3. The van der Waals surface area contributed by atoms with Crippen molar-refractivity contribution < 1.29 is 4.92 Å². The smallest absolute Gasteiger partial charge is 0.294 e. The maximum absolute atomic E-state index is 11.5. The van der Waals surface area contributed by atoms with E-state index in [-0.39, 0.29) is 10.6 Å². The number of aromatic nitrogens is 2. The van der Waals surface area contributed by atoms with Crippen molar-refractivity contribution in [3.63, 3.8) is 0 Å². The van der Waals surface area contributed by atoms with Crippen molar-refractivity contribution in [2.45, 2.75) is 19.3 Å². The summed E-state index contributed by atoms with van der Waals surface area (Å²) in [5.41, 5.74) is 3.59. The van der Waals surface area contributed by atoms with Crippen LogP contribution >= 0.6 is 22.6 Å². The van der Waals surface area contributed by atoms with Gasteiger partial charge in [-0.15, -0.1) is 0 Å². The Bertz CT molecular complexity index is 966. The summed E-state index contributed by atoms with van der Waals surface area (Å²) in [6, 6.07) is 15.0. The highest BCUT2D eigenvalue weighted by Gasteiger charge is 2.25. The Hall–Kier alpha value is -2.42. The monoisotopic (exact) mass is 460 g/mol. The summed E-state index contributed by atoms with van der Waals surface area (Å²) in [7, 11) is 0. The van der Waals surface area contributed by atoms with Crippen LogP contribution in [0.2, 0.25) is 0 Å². The molecule has 2 heterocycles. The second kappa shape index (κ2) is 7.06. The molecule has 0 radical (unpaired) electrons. The van der Waals surface area contributed by atoms with Gasteiger partial charge in [0.1, 0.15) is 11.5 Å². The van der Waals surface area contributed by atoms with Gasteiger partial charge >= 0.3 is 0 Å². The minimum Gasteiger partial charge on any atom is -0.370 e. The number of nitrogens with one attached hydrogen (secondary N) is 1. The SMILES string of the molecule is O=[N+]([O-])c1ccccc1-n1nc(-c2ccc(I)cc2)c2c1NCCCC2. The maximum atomic E-state index is 11.5.